The predicted octanol–water partition coefficient (Wildman–Crippen LogP) is 0.821. The van der Waals surface area contributed by atoms with Gasteiger partial charge < -0.3 is 5.32 Å². The fraction of sp³-hybridized carbons (Fsp3) is 0.833. The number of hydrogen-bond donors (Lipinski definition) is 1. The molecule has 0 aliphatic rings. The van der Waals surface area contributed by atoms with E-state index < -0.39 is 0 Å². The molecule has 50 valence electrons. The van der Waals surface area contributed by atoms with Crippen LogP contribution in [0.25, 0.3) is 0 Å². The van der Waals surface area contributed by atoms with Gasteiger partial charge in [-0.05, 0) is 14.0 Å². The Morgan fingerprint density at radius 2 is 2.12 bits per heavy atom. The lowest BCUT2D eigenvalue weighted by Crippen LogP contribution is -2.10. The first-order chi connectivity index (χ1) is 3.27. The number of rotatable bonds is 3. The maximum absolute atomic E-state index is 10.2. The summed E-state index contributed by atoms with van der Waals surface area (Å²) in [5.74, 6) is 0.245. The van der Waals surface area contributed by atoms with Crippen LogP contribution in [0, 0.1) is 0 Å². The van der Waals surface area contributed by atoms with Crippen molar-refractivity contribution in [3.8, 4) is 0 Å². The Morgan fingerprint density at radius 3 is 2.25 bits per heavy atom. The Balaban J connectivity index is 0. The van der Waals surface area contributed by atoms with Crippen LogP contribution in [0.1, 0.15) is 20.8 Å². The highest BCUT2D eigenvalue weighted by Gasteiger charge is 1.86. The number of carbonyl (C=O) groups is 1. The molecule has 0 aliphatic carbocycles. The van der Waals surface area contributed by atoms with Crippen LogP contribution in [-0.2, 0) is 4.79 Å². The van der Waals surface area contributed by atoms with Crippen molar-refractivity contribution >= 4 is 5.78 Å². The van der Waals surface area contributed by atoms with Gasteiger partial charge in [0.2, 0.25) is 0 Å². The second-order valence-electron chi connectivity index (χ2n) is 1.56. The Morgan fingerprint density at radius 1 is 1.62 bits per heavy atom. The molecule has 0 radical (unpaired) electrons. The molecule has 0 spiro atoms. The topological polar surface area (TPSA) is 29.1 Å². The van der Waals surface area contributed by atoms with Gasteiger partial charge in [-0.15, -0.1) is 0 Å². The summed E-state index contributed by atoms with van der Waals surface area (Å²) in [7, 11) is 1.84. The third-order valence-electron chi connectivity index (χ3n) is 0.727. The minimum Gasteiger partial charge on any atom is -0.319 e. The number of carbonyl (C=O) groups excluding carboxylic acids is 1. The molecule has 0 atom stereocenters. The summed E-state index contributed by atoms with van der Waals surface area (Å²) >= 11 is 0. The summed E-state index contributed by atoms with van der Waals surface area (Å²) in [5, 5.41) is 2.88. The van der Waals surface area contributed by atoms with Crippen molar-refractivity contribution in [1.29, 1.82) is 0 Å². The molecule has 0 aromatic carbocycles. The lowest BCUT2D eigenvalue weighted by Gasteiger charge is -1.89. The van der Waals surface area contributed by atoms with Crippen LogP contribution >= 0.6 is 0 Å². The molecule has 1 N–H and O–H groups in total. The molecule has 0 aromatic rings. The number of Topliss-reactive ketones (excluding diaryl/α,β-unsaturated/α-hetero) is 1. The summed E-state index contributed by atoms with van der Waals surface area (Å²) in [6.45, 7) is 2.40. The Hall–Kier alpha value is -0.370. The van der Waals surface area contributed by atoms with Crippen LogP contribution in [0.3, 0.4) is 0 Å². The van der Waals surface area contributed by atoms with Crippen molar-refractivity contribution in [3.05, 3.63) is 0 Å². The monoisotopic (exact) mass is 117 g/mol. The van der Waals surface area contributed by atoms with Gasteiger partial charge in [-0.1, -0.05) is 7.43 Å². The van der Waals surface area contributed by atoms with E-state index in [-0.39, 0.29) is 13.2 Å². The maximum Gasteiger partial charge on any atom is 0.131 e. The highest BCUT2D eigenvalue weighted by atomic mass is 16.1. The molecule has 0 fully saturated rings. The van der Waals surface area contributed by atoms with E-state index in [2.05, 4.69) is 5.32 Å². The van der Waals surface area contributed by atoms with Crippen LogP contribution in [-0.4, -0.2) is 19.4 Å². The summed E-state index contributed by atoms with van der Waals surface area (Å²) in [5.41, 5.74) is 0. The zero-order chi connectivity index (χ0) is 5.70. The van der Waals surface area contributed by atoms with Crippen molar-refractivity contribution in [2.45, 2.75) is 20.8 Å². The highest BCUT2D eigenvalue weighted by Crippen LogP contribution is 1.74. The first kappa shape index (κ1) is 10.6. The van der Waals surface area contributed by atoms with Gasteiger partial charge in [0, 0.05) is 13.0 Å². The van der Waals surface area contributed by atoms with Gasteiger partial charge in [0.05, 0.1) is 0 Å². The first-order valence-electron chi connectivity index (χ1n) is 2.41. The molecule has 0 amide bonds. The molecular weight excluding hydrogens is 102 g/mol. The molecule has 0 saturated carbocycles. The molecule has 0 rings (SSSR count). The standard InChI is InChI=1S/C5H11NO.CH4/c1-5(7)3-4-6-2;/h6H,3-4H2,1-2H3;1H4. The van der Waals surface area contributed by atoms with Gasteiger partial charge in [-0.2, -0.15) is 0 Å². The van der Waals surface area contributed by atoms with E-state index in [4.69, 9.17) is 0 Å². The first-order valence-corrected chi connectivity index (χ1v) is 2.41. The molecule has 8 heavy (non-hydrogen) atoms. The van der Waals surface area contributed by atoms with Gasteiger partial charge >= 0.3 is 0 Å². The SMILES string of the molecule is C.CNCCC(C)=O. The third kappa shape index (κ3) is 9.16. The van der Waals surface area contributed by atoms with Gasteiger partial charge in [0.25, 0.3) is 0 Å². The molecule has 0 aromatic heterocycles. The summed E-state index contributed by atoms with van der Waals surface area (Å²) in [4.78, 5) is 10.2. The number of nitrogens with one attached hydrogen (secondary N) is 1. The van der Waals surface area contributed by atoms with E-state index in [0.717, 1.165) is 6.54 Å². The summed E-state index contributed by atoms with van der Waals surface area (Å²) in [6.07, 6.45) is 0.649. The van der Waals surface area contributed by atoms with Crippen LogP contribution in [0.15, 0.2) is 0 Å². The lowest BCUT2D eigenvalue weighted by molar-refractivity contribution is -0.116. The highest BCUT2D eigenvalue weighted by molar-refractivity contribution is 5.75. The lowest BCUT2D eigenvalue weighted by atomic mass is 10.3. The van der Waals surface area contributed by atoms with Crippen LogP contribution in [0.2, 0.25) is 0 Å². The van der Waals surface area contributed by atoms with Crippen LogP contribution in [0.4, 0.5) is 0 Å². The fourth-order valence-electron chi connectivity index (χ4n) is 0.301. The molecule has 0 heterocycles. The smallest absolute Gasteiger partial charge is 0.131 e. The van der Waals surface area contributed by atoms with E-state index in [9.17, 15) is 4.79 Å². The number of hydrogen-bond acceptors (Lipinski definition) is 2. The quantitative estimate of drug-likeness (QED) is 0.593. The number of ketones is 1. The zero-order valence-corrected chi connectivity index (χ0v) is 4.82. The fourth-order valence-corrected chi connectivity index (χ4v) is 0.301. The van der Waals surface area contributed by atoms with E-state index in [0.29, 0.717) is 6.42 Å². The van der Waals surface area contributed by atoms with Gasteiger partial charge in [-0.3, -0.25) is 4.79 Å². The molecule has 2 heteroatoms. The average Bonchev–Trinajstić information content (AvgIpc) is 1.61. The minimum absolute atomic E-state index is 0. The normalized spacial score (nSPS) is 7.75. The van der Waals surface area contributed by atoms with Gasteiger partial charge in [0.1, 0.15) is 5.78 Å². The van der Waals surface area contributed by atoms with Crippen molar-refractivity contribution in [2.24, 2.45) is 0 Å². The predicted molar refractivity (Wildman–Crippen MR) is 36.0 cm³/mol. The molecule has 0 bridgehead atoms. The Labute approximate surface area is 51.3 Å². The molecular formula is C6H15NO. The molecule has 0 unspecified atom stereocenters. The van der Waals surface area contributed by atoms with Gasteiger partial charge in [-0.25, -0.2) is 0 Å². The molecule has 0 aliphatic heterocycles. The minimum atomic E-state index is 0. The second-order valence-corrected chi connectivity index (χ2v) is 1.56. The molecule has 2 nitrogen and oxygen atoms in total. The Kier molecular flexibility index (Phi) is 8.77. The average molecular weight is 117 g/mol. The third-order valence-corrected chi connectivity index (χ3v) is 0.727. The molecule has 0 saturated heterocycles. The largest absolute Gasteiger partial charge is 0.319 e. The van der Waals surface area contributed by atoms with Crippen molar-refractivity contribution < 1.29 is 4.79 Å². The maximum atomic E-state index is 10.2. The second kappa shape index (κ2) is 6.63. The van der Waals surface area contributed by atoms with Crippen LogP contribution in [0.5, 0.6) is 0 Å². The van der Waals surface area contributed by atoms with Crippen LogP contribution < -0.4 is 5.32 Å². The summed E-state index contributed by atoms with van der Waals surface area (Å²) in [6, 6.07) is 0. The van der Waals surface area contributed by atoms with Gasteiger partial charge in [0.15, 0.2) is 0 Å². The Bertz CT molecular complexity index is 61.5. The van der Waals surface area contributed by atoms with Crippen molar-refractivity contribution in [3.63, 3.8) is 0 Å². The zero-order valence-electron chi connectivity index (χ0n) is 4.82. The van der Waals surface area contributed by atoms with E-state index in [1.165, 1.54) is 0 Å². The van der Waals surface area contributed by atoms with Crippen molar-refractivity contribution in [2.75, 3.05) is 13.6 Å². The van der Waals surface area contributed by atoms with E-state index in [1.54, 1.807) is 6.92 Å². The van der Waals surface area contributed by atoms with E-state index >= 15 is 0 Å². The van der Waals surface area contributed by atoms with E-state index in [1.807, 2.05) is 7.05 Å². The van der Waals surface area contributed by atoms with Crippen molar-refractivity contribution in [1.82, 2.24) is 5.32 Å². The summed E-state index contributed by atoms with van der Waals surface area (Å²) < 4.78 is 0.